The fourth-order valence-electron chi connectivity index (χ4n) is 9.75. The Morgan fingerprint density at radius 2 is 1.91 bits per heavy atom. The predicted octanol–water partition coefficient (Wildman–Crippen LogP) is 6.34. The molecule has 0 spiro atoms. The highest BCUT2D eigenvalue weighted by molar-refractivity contribution is 5.78. The van der Waals surface area contributed by atoms with E-state index in [-0.39, 0.29) is 28.6 Å². The SMILES string of the molecule is C=C(C)[C@@H]1CCC2(C(=O)OC)CC[C@@]3(C)C4CCC(C(C)(C)O/C=N/O)C(CC#N)C4CCC3C12. The number of oxime groups is 1. The molecule has 4 rings (SSSR count). The number of carbonyl (C=O) groups is 1. The lowest BCUT2D eigenvalue weighted by Gasteiger charge is -2.63. The molecule has 0 radical (unpaired) electrons. The van der Waals surface area contributed by atoms with Crippen molar-refractivity contribution in [1.29, 1.82) is 5.26 Å². The van der Waals surface area contributed by atoms with E-state index in [0.717, 1.165) is 57.8 Å². The average Bonchev–Trinajstić information content (AvgIpc) is 3.23. The van der Waals surface area contributed by atoms with Gasteiger partial charge in [-0.1, -0.05) is 24.2 Å². The molecule has 6 heteroatoms. The summed E-state index contributed by atoms with van der Waals surface area (Å²) in [6, 6.07) is 2.49. The number of carbonyl (C=O) groups excluding carboxylic acids is 1. The Morgan fingerprint density at radius 1 is 1.20 bits per heavy atom. The summed E-state index contributed by atoms with van der Waals surface area (Å²) >= 11 is 0. The van der Waals surface area contributed by atoms with Crippen LogP contribution in [0, 0.1) is 63.6 Å². The summed E-state index contributed by atoms with van der Waals surface area (Å²) in [5, 5.41) is 21.8. The van der Waals surface area contributed by atoms with Crippen LogP contribution in [0.2, 0.25) is 0 Å². The third-order valence-electron chi connectivity index (χ3n) is 11.2. The Balaban J connectivity index is 1.68. The third kappa shape index (κ3) is 3.98. The van der Waals surface area contributed by atoms with Gasteiger partial charge in [-0.15, -0.1) is 0 Å². The number of methoxy groups -OCH3 is 1. The fraction of sp³-hybridized carbons (Fsp3) is 0.828. The van der Waals surface area contributed by atoms with Crippen LogP contribution in [-0.4, -0.2) is 30.3 Å². The lowest BCUT2D eigenvalue weighted by molar-refractivity contribution is -0.183. The highest BCUT2D eigenvalue weighted by Crippen LogP contribution is 2.70. The van der Waals surface area contributed by atoms with Gasteiger partial charge in [0.1, 0.15) is 5.60 Å². The van der Waals surface area contributed by atoms with Crippen LogP contribution in [0.5, 0.6) is 0 Å². The Kier molecular flexibility index (Phi) is 7.03. The maximum absolute atomic E-state index is 13.2. The second kappa shape index (κ2) is 9.45. The molecule has 6 nitrogen and oxygen atoms in total. The van der Waals surface area contributed by atoms with Crippen LogP contribution < -0.4 is 0 Å². The predicted molar refractivity (Wildman–Crippen MR) is 134 cm³/mol. The lowest BCUT2D eigenvalue weighted by Crippen LogP contribution is -2.59. The number of hydrogen-bond donors (Lipinski definition) is 1. The first-order valence-electron chi connectivity index (χ1n) is 13.5. The van der Waals surface area contributed by atoms with E-state index >= 15 is 0 Å². The van der Waals surface area contributed by atoms with Gasteiger partial charge in [-0.25, -0.2) is 0 Å². The van der Waals surface area contributed by atoms with Crippen LogP contribution in [0.15, 0.2) is 17.3 Å². The minimum Gasteiger partial charge on any atom is -0.475 e. The van der Waals surface area contributed by atoms with Crippen LogP contribution in [0.1, 0.15) is 85.5 Å². The maximum atomic E-state index is 13.2. The number of esters is 1. The molecule has 0 heterocycles. The topological polar surface area (TPSA) is 91.9 Å². The van der Waals surface area contributed by atoms with Crippen molar-refractivity contribution in [3.63, 3.8) is 0 Å². The molecule has 0 aliphatic heterocycles. The number of fused-ring (bicyclic) bond motifs is 5. The zero-order chi connectivity index (χ0) is 25.6. The van der Waals surface area contributed by atoms with Gasteiger partial charge in [0, 0.05) is 12.3 Å². The van der Waals surface area contributed by atoms with Crippen LogP contribution in [0.25, 0.3) is 0 Å². The first-order valence-corrected chi connectivity index (χ1v) is 13.5. The molecule has 0 bridgehead atoms. The average molecular weight is 485 g/mol. The zero-order valence-electron chi connectivity index (χ0n) is 22.3. The summed E-state index contributed by atoms with van der Waals surface area (Å²) in [6.45, 7) is 13.1. The van der Waals surface area contributed by atoms with E-state index in [9.17, 15) is 10.1 Å². The number of nitriles is 1. The van der Waals surface area contributed by atoms with Crippen molar-refractivity contribution >= 4 is 12.4 Å². The molecule has 4 aliphatic rings. The molecular weight excluding hydrogens is 440 g/mol. The van der Waals surface area contributed by atoms with Crippen molar-refractivity contribution in [2.45, 2.75) is 91.1 Å². The molecule has 4 aliphatic carbocycles. The van der Waals surface area contributed by atoms with Crippen molar-refractivity contribution in [2.24, 2.45) is 57.4 Å². The van der Waals surface area contributed by atoms with Gasteiger partial charge in [-0.05, 0) is 113 Å². The summed E-state index contributed by atoms with van der Waals surface area (Å²) in [7, 11) is 1.55. The molecule has 0 aromatic heterocycles. The quantitative estimate of drug-likeness (QED) is 0.119. The normalized spacial score (nSPS) is 42.9. The molecule has 35 heavy (non-hydrogen) atoms. The monoisotopic (exact) mass is 484 g/mol. The molecule has 0 amide bonds. The van der Waals surface area contributed by atoms with Crippen LogP contribution in [0.4, 0.5) is 0 Å². The Labute approximate surface area is 211 Å². The molecule has 9 atom stereocenters. The standard InChI is InChI=1S/C29H44N2O4/c1-18(2)19-11-13-29(26(32)34-6)15-14-28(5)23-10-9-22(27(3,4)35-17-31-33)21(12-16-30)20(23)7-8-24(28)25(19)29/h17,19-25,33H,1,7-15H2,2-6H3/b31-17+/t19-,20?,21?,22?,23?,24?,25?,28-,29?/m0/s1. The fourth-order valence-corrected chi connectivity index (χ4v) is 9.75. The molecule has 0 aromatic rings. The largest absolute Gasteiger partial charge is 0.475 e. The van der Waals surface area contributed by atoms with Gasteiger partial charge in [0.15, 0.2) is 0 Å². The number of nitrogens with zero attached hydrogens (tertiary/aromatic N) is 2. The smallest absolute Gasteiger partial charge is 0.312 e. The highest BCUT2D eigenvalue weighted by atomic mass is 16.5. The van der Waals surface area contributed by atoms with Gasteiger partial charge >= 0.3 is 5.97 Å². The summed E-state index contributed by atoms with van der Waals surface area (Å²) in [6.07, 6.45) is 9.85. The van der Waals surface area contributed by atoms with Gasteiger partial charge < -0.3 is 14.7 Å². The van der Waals surface area contributed by atoms with Gasteiger partial charge in [0.25, 0.3) is 0 Å². The molecular formula is C29H44N2O4. The van der Waals surface area contributed by atoms with E-state index in [1.807, 2.05) is 0 Å². The minimum absolute atomic E-state index is 0.00839. The van der Waals surface area contributed by atoms with E-state index in [4.69, 9.17) is 14.7 Å². The molecule has 194 valence electrons. The summed E-state index contributed by atoms with van der Waals surface area (Å²) in [5.74, 6) is 2.66. The van der Waals surface area contributed by atoms with E-state index in [0.29, 0.717) is 36.0 Å². The number of rotatable bonds is 6. The van der Waals surface area contributed by atoms with Crippen molar-refractivity contribution < 1.29 is 19.5 Å². The second-order valence-electron chi connectivity index (χ2n) is 12.8. The molecule has 7 unspecified atom stereocenters. The number of hydrogen-bond acceptors (Lipinski definition) is 6. The highest BCUT2D eigenvalue weighted by Gasteiger charge is 2.66. The Bertz CT molecular complexity index is 907. The first-order chi connectivity index (χ1) is 16.6. The third-order valence-corrected chi connectivity index (χ3v) is 11.2. The Morgan fingerprint density at radius 3 is 2.54 bits per heavy atom. The first kappa shape index (κ1) is 26.0. The van der Waals surface area contributed by atoms with Crippen molar-refractivity contribution in [3.8, 4) is 6.07 Å². The van der Waals surface area contributed by atoms with Gasteiger partial charge in [-0.2, -0.15) is 5.26 Å². The van der Waals surface area contributed by atoms with E-state index in [1.165, 1.54) is 5.57 Å². The summed E-state index contributed by atoms with van der Waals surface area (Å²) < 4.78 is 11.3. The van der Waals surface area contributed by atoms with Crippen LogP contribution in [-0.2, 0) is 14.3 Å². The lowest BCUT2D eigenvalue weighted by atomic mass is 9.41. The molecule has 4 saturated carbocycles. The summed E-state index contributed by atoms with van der Waals surface area (Å²) in [4.78, 5) is 13.2. The summed E-state index contributed by atoms with van der Waals surface area (Å²) in [5.41, 5.74) is 0.500. The number of allylic oxidation sites excluding steroid dienone is 1. The number of ether oxygens (including phenoxy) is 2. The van der Waals surface area contributed by atoms with E-state index < -0.39 is 5.60 Å². The minimum atomic E-state index is -0.500. The second-order valence-corrected chi connectivity index (χ2v) is 12.8. The molecule has 1 N–H and O–H groups in total. The van der Waals surface area contributed by atoms with E-state index in [2.05, 4.69) is 45.5 Å². The van der Waals surface area contributed by atoms with Gasteiger partial charge in [-0.3, -0.25) is 4.79 Å². The van der Waals surface area contributed by atoms with Crippen LogP contribution >= 0.6 is 0 Å². The molecule has 0 aromatic carbocycles. The van der Waals surface area contributed by atoms with Crippen molar-refractivity contribution in [3.05, 3.63) is 12.2 Å². The van der Waals surface area contributed by atoms with Gasteiger partial charge in [0.2, 0.25) is 6.40 Å². The Hall–Kier alpha value is -2.03. The maximum Gasteiger partial charge on any atom is 0.312 e. The zero-order valence-corrected chi connectivity index (χ0v) is 22.3. The molecule has 4 fully saturated rings. The van der Waals surface area contributed by atoms with Gasteiger partial charge in [0.05, 0.1) is 18.6 Å². The van der Waals surface area contributed by atoms with Crippen molar-refractivity contribution in [2.75, 3.05) is 7.11 Å². The molecule has 0 saturated heterocycles. The van der Waals surface area contributed by atoms with E-state index in [1.54, 1.807) is 7.11 Å². The van der Waals surface area contributed by atoms with Crippen LogP contribution in [0.3, 0.4) is 0 Å². The van der Waals surface area contributed by atoms with Crippen molar-refractivity contribution in [1.82, 2.24) is 0 Å².